The van der Waals surface area contributed by atoms with Crippen LogP contribution in [0, 0.1) is 0 Å². The summed E-state index contributed by atoms with van der Waals surface area (Å²) in [6.45, 7) is 1.72. The maximum absolute atomic E-state index is 12.2. The van der Waals surface area contributed by atoms with Gasteiger partial charge in [0.2, 0.25) is 0 Å². The van der Waals surface area contributed by atoms with Crippen molar-refractivity contribution in [3.8, 4) is 11.5 Å². The van der Waals surface area contributed by atoms with Crippen LogP contribution in [-0.4, -0.2) is 27.7 Å². The normalized spacial score (nSPS) is 11.0. The number of amides is 2. The Hall–Kier alpha value is -4.13. The van der Waals surface area contributed by atoms with Gasteiger partial charge in [-0.05, 0) is 48.9 Å². The van der Waals surface area contributed by atoms with Gasteiger partial charge in [-0.15, -0.1) is 0 Å². The Morgan fingerprint density at radius 3 is 2.00 bits per heavy atom. The number of hydrogen-bond donors (Lipinski definition) is 4. The minimum atomic E-state index is -0.567. The number of hydrazone groups is 1. The first-order valence-corrected chi connectivity index (χ1v) is 8.77. The summed E-state index contributed by atoms with van der Waals surface area (Å²) in [7, 11) is 0. The molecule has 3 aromatic rings. The third-order valence-electron chi connectivity index (χ3n) is 4.09. The molecule has 0 aliphatic rings. The molecule has 0 atom stereocenters. The summed E-state index contributed by atoms with van der Waals surface area (Å²) in [4.78, 5) is 24.3. The average molecular weight is 389 g/mol. The van der Waals surface area contributed by atoms with Crippen molar-refractivity contribution in [1.82, 2.24) is 5.43 Å². The molecule has 0 fully saturated rings. The second-order valence-electron chi connectivity index (χ2n) is 6.27. The fourth-order valence-electron chi connectivity index (χ4n) is 2.58. The first-order valence-electron chi connectivity index (χ1n) is 8.77. The van der Waals surface area contributed by atoms with E-state index in [9.17, 15) is 19.8 Å². The van der Waals surface area contributed by atoms with E-state index in [0.29, 0.717) is 17.0 Å². The van der Waals surface area contributed by atoms with Crippen LogP contribution in [0.2, 0.25) is 0 Å². The third kappa shape index (κ3) is 5.20. The largest absolute Gasteiger partial charge is 0.508 e. The molecule has 0 spiro atoms. The van der Waals surface area contributed by atoms with Crippen LogP contribution in [0.25, 0.3) is 0 Å². The lowest BCUT2D eigenvalue weighted by Gasteiger charge is -2.07. The van der Waals surface area contributed by atoms with Crippen molar-refractivity contribution in [3.05, 3.63) is 89.5 Å². The second kappa shape index (κ2) is 8.71. The van der Waals surface area contributed by atoms with Crippen LogP contribution in [0.4, 0.5) is 5.69 Å². The van der Waals surface area contributed by atoms with Gasteiger partial charge in [0.25, 0.3) is 11.8 Å². The van der Waals surface area contributed by atoms with Crippen molar-refractivity contribution in [2.45, 2.75) is 6.92 Å². The lowest BCUT2D eigenvalue weighted by atomic mass is 10.1. The second-order valence-corrected chi connectivity index (χ2v) is 6.27. The zero-order chi connectivity index (χ0) is 20.8. The predicted octanol–water partition coefficient (Wildman–Crippen LogP) is 3.50. The van der Waals surface area contributed by atoms with E-state index in [0.717, 1.165) is 11.6 Å². The van der Waals surface area contributed by atoms with E-state index in [4.69, 9.17) is 0 Å². The van der Waals surface area contributed by atoms with E-state index in [2.05, 4.69) is 15.8 Å². The minimum absolute atomic E-state index is 0.0815. The topological polar surface area (TPSA) is 111 Å². The first kappa shape index (κ1) is 19.6. The summed E-state index contributed by atoms with van der Waals surface area (Å²) in [5, 5.41) is 25.8. The molecule has 4 N–H and O–H groups in total. The van der Waals surface area contributed by atoms with E-state index in [-0.39, 0.29) is 23.0 Å². The van der Waals surface area contributed by atoms with E-state index in [1.54, 1.807) is 55.5 Å². The van der Waals surface area contributed by atoms with Crippen LogP contribution in [0.1, 0.15) is 33.2 Å². The standard InChI is InChI=1S/C22H19N3O4/c1-14(24-25-22(29)17-11-19(26)13-20(27)12-17)15-7-9-18(10-8-15)23-21(28)16-5-3-2-4-6-16/h2-13,26-27H,1H3,(H,23,28)(H,25,29). The lowest BCUT2D eigenvalue weighted by molar-refractivity contribution is 0.0953. The van der Waals surface area contributed by atoms with Crippen molar-refractivity contribution in [2.75, 3.05) is 5.32 Å². The number of nitrogens with zero attached hydrogens (tertiary/aromatic N) is 1. The molecule has 0 aliphatic heterocycles. The van der Waals surface area contributed by atoms with Crippen molar-refractivity contribution < 1.29 is 19.8 Å². The smallest absolute Gasteiger partial charge is 0.271 e. The SMILES string of the molecule is CC(=NNC(=O)c1cc(O)cc(O)c1)c1ccc(NC(=O)c2ccccc2)cc1. The summed E-state index contributed by atoms with van der Waals surface area (Å²) in [5.41, 5.74) is 4.95. The molecule has 7 nitrogen and oxygen atoms in total. The van der Waals surface area contributed by atoms with E-state index in [1.807, 2.05) is 6.07 Å². The van der Waals surface area contributed by atoms with Crippen LogP contribution in [0.15, 0.2) is 77.9 Å². The third-order valence-corrected chi connectivity index (χ3v) is 4.09. The van der Waals surface area contributed by atoms with Gasteiger partial charge in [-0.2, -0.15) is 5.10 Å². The highest BCUT2D eigenvalue weighted by molar-refractivity contribution is 6.05. The molecule has 3 rings (SSSR count). The molecule has 7 heteroatoms. The van der Waals surface area contributed by atoms with Gasteiger partial charge in [0.1, 0.15) is 11.5 Å². The number of carbonyl (C=O) groups excluding carboxylic acids is 2. The fourth-order valence-corrected chi connectivity index (χ4v) is 2.58. The minimum Gasteiger partial charge on any atom is -0.508 e. The fraction of sp³-hybridized carbons (Fsp3) is 0.0455. The summed E-state index contributed by atoms with van der Waals surface area (Å²) in [5.74, 6) is -1.21. The number of phenolic OH excluding ortho intramolecular Hbond substituents is 2. The first-order chi connectivity index (χ1) is 13.9. The Morgan fingerprint density at radius 1 is 0.759 bits per heavy atom. The molecule has 146 valence electrons. The van der Waals surface area contributed by atoms with Gasteiger partial charge in [-0.3, -0.25) is 9.59 Å². The van der Waals surface area contributed by atoms with E-state index < -0.39 is 5.91 Å². The van der Waals surface area contributed by atoms with Gasteiger partial charge in [0, 0.05) is 22.9 Å². The van der Waals surface area contributed by atoms with E-state index in [1.165, 1.54) is 12.1 Å². The molecule has 0 saturated heterocycles. The molecular weight excluding hydrogens is 370 g/mol. The van der Waals surface area contributed by atoms with Gasteiger partial charge in [0.05, 0.1) is 5.71 Å². The quantitative estimate of drug-likeness (QED) is 0.395. The van der Waals surface area contributed by atoms with Crippen molar-refractivity contribution >= 4 is 23.2 Å². The van der Waals surface area contributed by atoms with Crippen molar-refractivity contribution in [3.63, 3.8) is 0 Å². The zero-order valence-corrected chi connectivity index (χ0v) is 15.6. The van der Waals surface area contributed by atoms with Gasteiger partial charge >= 0.3 is 0 Å². The predicted molar refractivity (Wildman–Crippen MR) is 110 cm³/mol. The summed E-state index contributed by atoms with van der Waals surface area (Å²) in [6, 6.07) is 19.5. The number of nitrogens with one attached hydrogen (secondary N) is 2. The van der Waals surface area contributed by atoms with Crippen molar-refractivity contribution in [1.29, 1.82) is 0 Å². The molecule has 0 aromatic heterocycles. The molecule has 0 unspecified atom stereocenters. The maximum atomic E-state index is 12.2. The summed E-state index contributed by atoms with van der Waals surface area (Å²) in [6.07, 6.45) is 0. The average Bonchev–Trinajstić information content (AvgIpc) is 2.72. The highest BCUT2D eigenvalue weighted by Gasteiger charge is 2.09. The number of rotatable bonds is 5. The van der Waals surface area contributed by atoms with Gasteiger partial charge in [-0.1, -0.05) is 30.3 Å². The van der Waals surface area contributed by atoms with Crippen LogP contribution in [0.3, 0.4) is 0 Å². The molecular formula is C22H19N3O4. The Bertz CT molecular complexity index is 1040. The highest BCUT2D eigenvalue weighted by Crippen LogP contribution is 2.20. The van der Waals surface area contributed by atoms with Crippen LogP contribution >= 0.6 is 0 Å². The molecule has 0 heterocycles. The molecule has 29 heavy (non-hydrogen) atoms. The molecule has 0 aliphatic carbocycles. The number of anilines is 1. The highest BCUT2D eigenvalue weighted by atomic mass is 16.3. The maximum Gasteiger partial charge on any atom is 0.271 e. The Balaban J connectivity index is 1.64. The lowest BCUT2D eigenvalue weighted by Crippen LogP contribution is -2.19. The number of phenols is 2. The monoisotopic (exact) mass is 389 g/mol. The number of aromatic hydroxyl groups is 2. The number of benzene rings is 3. The zero-order valence-electron chi connectivity index (χ0n) is 15.6. The van der Waals surface area contributed by atoms with Crippen molar-refractivity contribution in [2.24, 2.45) is 5.10 Å². The van der Waals surface area contributed by atoms with Crippen LogP contribution in [-0.2, 0) is 0 Å². The van der Waals surface area contributed by atoms with Gasteiger partial charge < -0.3 is 15.5 Å². The number of hydrogen-bond acceptors (Lipinski definition) is 5. The Kier molecular flexibility index (Phi) is 5.89. The van der Waals surface area contributed by atoms with E-state index >= 15 is 0 Å². The molecule has 0 radical (unpaired) electrons. The summed E-state index contributed by atoms with van der Waals surface area (Å²) < 4.78 is 0. The molecule has 2 amide bonds. The molecule has 0 saturated carbocycles. The Morgan fingerprint density at radius 2 is 1.38 bits per heavy atom. The van der Waals surface area contributed by atoms with Crippen LogP contribution < -0.4 is 10.7 Å². The summed E-state index contributed by atoms with van der Waals surface area (Å²) >= 11 is 0. The molecule has 0 bridgehead atoms. The van der Waals surface area contributed by atoms with Gasteiger partial charge in [0.15, 0.2) is 0 Å². The number of carbonyl (C=O) groups is 2. The molecule has 3 aromatic carbocycles. The Labute approximate surface area is 167 Å². The van der Waals surface area contributed by atoms with Gasteiger partial charge in [-0.25, -0.2) is 5.43 Å². The van der Waals surface area contributed by atoms with Crippen LogP contribution in [0.5, 0.6) is 11.5 Å².